The average molecular weight is 453 g/mol. The lowest BCUT2D eigenvalue weighted by molar-refractivity contribution is 0.102. The molecule has 8 heteroatoms. The molecular weight excluding hydrogens is 432 g/mol. The second-order valence-electron chi connectivity index (χ2n) is 7.34. The molecule has 0 aliphatic heterocycles. The van der Waals surface area contributed by atoms with E-state index in [4.69, 9.17) is 11.6 Å². The van der Waals surface area contributed by atoms with Crippen molar-refractivity contribution in [3.05, 3.63) is 96.9 Å². The lowest BCUT2D eigenvalue weighted by Crippen LogP contribution is -2.17. The van der Waals surface area contributed by atoms with Gasteiger partial charge in [0.2, 0.25) is 5.13 Å². The maximum atomic E-state index is 13.0. The summed E-state index contributed by atoms with van der Waals surface area (Å²) in [5, 5.41) is 6.96. The number of nitrogens with zero attached hydrogens (tertiary/aromatic N) is 2. The topological polar surface area (TPSA) is 79.8 Å². The first-order valence-electron chi connectivity index (χ1n) is 9.73. The first-order valence-corrected chi connectivity index (χ1v) is 10.9. The van der Waals surface area contributed by atoms with Crippen LogP contribution in [0.1, 0.15) is 37.7 Å². The maximum absolute atomic E-state index is 13.0. The zero-order valence-corrected chi connectivity index (χ0v) is 18.9. The van der Waals surface area contributed by atoms with E-state index in [1.165, 1.54) is 16.0 Å². The molecule has 0 atom stereocenters. The number of rotatable bonds is 5. The highest BCUT2D eigenvalue weighted by molar-refractivity contribution is 7.16. The number of thiazole rings is 1. The number of amides is 1. The van der Waals surface area contributed by atoms with Crippen LogP contribution in [-0.4, -0.2) is 20.7 Å². The normalized spacial score (nSPS) is 11.0. The van der Waals surface area contributed by atoms with Gasteiger partial charge in [-0.05, 0) is 44.0 Å². The van der Waals surface area contributed by atoms with Gasteiger partial charge in [-0.25, -0.2) is 4.98 Å². The molecule has 0 bridgehead atoms. The molecule has 0 radical (unpaired) electrons. The molecular formula is C23H21ClN4O2S. The number of hydrogen-bond acceptors (Lipinski definition) is 4. The van der Waals surface area contributed by atoms with Gasteiger partial charge in [0.1, 0.15) is 4.88 Å². The molecule has 0 spiro atoms. The van der Waals surface area contributed by atoms with Crippen molar-refractivity contribution >= 4 is 34.5 Å². The number of aryl methyl sites for hydroxylation is 3. The minimum Gasteiger partial charge on any atom is -0.321 e. The summed E-state index contributed by atoms with van der Waals surface area (Å²) in [6.45, 7) is 5.52. The predicted molar refractivity (Wildman–Crippen MR) is 125 cm³/mol. The van der Waals surface area contributed by atoms with Gasteiger partial charge >= 0.3 is 0 Å². The number of nitrogens with one attached hydrogen (secondary N) is 2. The summed E-state index contributed by atoms with van der Waals surface area (Å²) in [5.41, 5.74) is 4.46. The predicted octanol–water partition coefficient (Wildman–Crippen LogP) is 5.04. The zero-order valence-electron chi connectivity index (χ0n) is 17.3. The van der Waals surface area contributed by atoms with Crippen molar-refractivity contribution in [3.8, 4) is 5.13 Å². The number of carbonyl (C=O) groups is 1. The van der Waals surface area contributed by atoms with Crippen LogP contribution in [0.15, 0.2) is 53.3 Å². The van der Waals surface area contributed by atoms with Crippen LogP contribution in [0.3, 0.4) is 0 Å². The minimum absolute atomic E-state index is 0.159. The molecule has 158 valence electrons. The Hall–Kier alpha value is -3.16. The molecule has 4 rings (SSSR count). The van der Waals surface area contributed by atoms with E-state index >= 15 is 0 Å². The van der Waals surface area contributed by atoms with Gasteiger partial charge in [0.15, 0.2) is 0 Å². The summed E-state index contributed by atoms with van der Waals surface area (Å²) in [5.74, 6) is -0.285. The van der Waals surface area contributed by atoms with Gasteiger partial charge < -0.3 is 5.32 Å². The standard InChI is InChI=1S/C23H21ClN4O2S/c1-13-9-10-17(24)12-19(13)26-21(29)20-15(3)25-23(31-20)28-22(30)18(14(2)27-28)11-16-7-5-4-6-8-16/h4-10,12,27H,11H2,1-3H3,(H,26,29). The van der Waals surface area contributed by atoms with Crippen LogP contribution in [0.5, 0.6) is 0 Å². The lowest BCUT2D eigenvalue weighted by atomic mass is 10.1. The molecule has 0 unspecified atom stereocenters. The Morgan fingerprint density at radius 2 is 1.90 bits per heavy atom. The largest absolute Gasteiger partial charge is 0.321 e. The summed E-state index contributed by atoms with van der Waals surface area (Å²) in [6.07, 6.45) is 0.529. The summed E-state index contributed by atoms with van der Waals surface area (Å²) < 4.78 is 1.41. The molecule has 2 aromatic carbocycles. The Balaban J connectivity index is 1.63. The van der Waals surface area contributed by atoms with Crippen molar-refractivity contribution in [2.75, 3.05) is 5.32 Å². The zero-order chi connectivity index (χ0) is 22.1. The summed E-state index contributed by atoms with van der Waals surface area (Å²) >= 11 is 7.22. The second-order valence-corrected chi connectivity index (χ2v) is 8.76. The maximum Gasteiger partial charge on any atom is 0.277 e. The fourth-order valence-electron chi connectivity index (χ4n) is 3.32. The van der Waals surface area contributed by atoms with Gasteiger partial charge in [-0.1, -0.05) is 59.3 Å². The first-order chi connectivity index (χ1) is 14.8. The van der Waals surface area contributed by atoms with Crippen molar-refractivity contribution in [1.29, 1.82) is 0 Å². The molecule has 1 amide bonds. The lowest BCUT2D eigenvalue weighted by Gasteiger charge is -2.07. The molecule has 2 heterocycles. The van der Waals surface area contributed by atoms with Gasteiger partial charge in [-0.15, -0.1) is 0 Å². The van der Waals surface area contributed by atoms with E-state index in [-0.39, 0.29) is 11.5 Å². The molecule has 0 fully saturated rings. The summed E-state index contributed by atoms with van der Waals surface area (Å²) in [4.78, 5) is 30.8. The number of aromatic nitrogens is 3. The molecule has 0 saturated heterocycles. The van der Waals surface area contributed by atoms with Crippen LogP contribution in [0.2, 0.25) is 5.02 Å². The quantitative estimate of drug-likeness (QED) is 0.445. The Morgan fingerprint density at radius 3 is 2.65 bits per heavy atom. The van der Waals surface area contributed by atoms with Crippen molar-refractivity contribution in [1.82, 2.24) is 14.8 Å². The Kier molecular flexibility index (Phi) is 5.80. The van der Waals surface area contributed by atoms with Crippen LogP contribution in [0.4, 0.5) is 5.69 Å². The average Bonchev–Trinajstić information content (AvgIpc) is 3.26. The molecule has 0 aliphatic rings. The van der Waals surface area contributed by atoms with Crippen LogP contribution in [0, 0.1) is 20.8 Å². The fraction of sp³-hybridized carbons (Fsp3) is 0.174. The molecule has 6 nitrogen and oxygen atoms in total. The van der Waals surface area contributed by atoms with E-state index in [0.717, 1.165) is 16.8 Å². The minimum atomic E-state index is -0.285. The third kappa shape index (κ3) is 4.33. The highest BCUT2D eigenvalue weighted by Gasteiger charge is 2.20. The van der Waals surface area contributed by atoms with E-state index < -0.39 is 0 Å². The van der Waals surface area contributed by atoms with E-state index in [9.17, 15) is 9.59 Å². The molecule has 2 aromatic heterocycles. The van der Waals surface area contributed by atoms with E-state index in [1.807, 2.05) is 50.2 Å². The molecule has 0 aliphatic carbocycles. The van der Waals surface area contributed by atoms with E-state index in [0.29, 0.717) is 38.4 Å². The number of hydrogen-bond donors (Lipinski definition) is 2. The van der Waals surface area contributed by atoms with Crippen LogP contribution in [0.25, 0.3) is 5.13 Å². The Morgan fingerprint density at radius 1 is 1.16 bits per heavy atom. The third-order valence-electron chi connectivity index (χ3n) is 5.05. The Bertz CT molecular complexity index is 1320. The van der Waals surface area contributed by atoms with Gasteiger partial charge in [0.25, 0.3) is 11.5 Å². The van der Waals surface area contributed by atoms with Gasteiger partial charge in [0.05, 0.1) is 5.69 Å². The van der Waals surface area contributed by atoms with Gasteiger partial charge in [0, 0.05) is 28.4 Å². The van der Waals surface area contributed by atoms with Gasteiger partial charge in [-0.2, -0.15) is 4.68 Å². The SMILES string of the molecule is Cc1ccc(Cl)cc1NC(=O)c1sc(-n2[nH]c(C)c(Cc3ccccc3)c2=O)nc1C. The van der Waals surface area contributed by atoms with E-state index in [2.05, 4.69) is 15.4 Å². The smallest absolute Gasteiger partial charge is 0.277 e. The van der Waals surface area contributed by atoms with Crippen molar-refractivity contribution in [3.63, 3.8) is 0 Å². The second kappa shape index (κ2) is 8.53. The number of H-pyrrole nitrogens is 1. The van der Waals surface area contributed by atoms with E-state index in [1.54, 1.807) is 19.1 Å². The van der Waals surface area contributed by atoms with Crippen LogP contribution >= 0.6 is 22.9 Å². The van der Waals surface area contributed by atoms with Crippen LogP contribution in [-0.2, 0) is 6.42 Å². The fourth-order valence-corrected chi connectivity index (χ4v) is 4.41. The summed E-state index contributed by atoms with van der Waals surface area (Å²) in [6, 6.07) is 15.2. The number of anilines is 1. The highest BCUT2D eigenvalue weighted by Crippen LogP contribution is 2.25. The highest BCUT2D eigenvalue weighted by atomic mass is 35.5. The molecule has 2 N–H and O–H groups in total. The Labute approximate surface area is 188 Å². The number of aromatic amines is 1. The molecule has 31 heavy (non-hydrogen) atoms. The monoisotopic (exact) mass is 452 g/mol. The number of carbonyl (C=O) groups excluding carboxylic acids is 1. The molecule has 0 saturated carbocycles. The number of halogens is 1. The van der Waals surface area contributed by atoms with Crippen molar-refractivity contribution in [2.45, 2.75) is 27.2 Å². The van der Waals surface area contributed by atoms with Crippen LogP contribution < -0.4 is 10.9 Å². The van der Waals surface area contributed by atoms with Crippen molar-refractivity contribution < 1.29 is 4.79 Å². The summed E-state index contributed by atoms with van der Waals surface area (Å²) in [7, 11) is 0. The molecule has 4 aromatic rings. The van der Waals surface area contributed by atoms with Gasteiger partial charge in [-0.3, -0.25) is 14.7 Å². The van der Waals surface area contributed by atoms with Crippen molar-refractivity contribution in [2.24, 2.45) is 0 Å². The number of benzene rings is 2. The third-order valence-corrected chi connectivity index (χ3v) is 6.42. The first kappa shape index (κ1) is 21.1.